The number of nitrogens with zero attached hydrogens (tertiary/aromatic N) is 3. The van der Waals surface area contributed by atoms with E-state index in [-0.39, 0.29) is 35.5 Å². The monoisotopic (exact) mass is 443 g/mol. The summed E-state index contributed by atoms with van der Waals surface area (Å²) in [5.41, 5.74) is 3.08. The first-order chi connectivity index (χ1) is 15.6. The minimum absolute atomic E-state index is 0.153. The maximum absolute atomic E-state index is 13.0. The molecule has 6 heteroatoms. The molecule has 2 aromatic carbocycles. The van der Waals surface area contributed by atoms with Crippen molar-refractivity contribution in [3.8, 4) is 0 Å². The number of imide groups is 1. The van der Waals surface area contributed by atoms with E-state index in [4.69, 9.17) is 11.6 Å². The van der Waals surface area contributed by atoms with E-state index in [0.717, 1.165) is 39.9 Å². The molecule has 2 amide bonds. The van der Waals surface area contributed by atoms with Crippen LogP contribution in [0.15, 0.2) is 72.0 Å². The number of allylic oxidation sites excluding steroid dienone is 2. The molecule has 0 radical (unpaired) electrons. The van der Waals surface area contributed by atoms with Gasteiger partial charge in [-0.1, -0.05) is 54.1 Å². The Morgan fingerprint density at radius 1 is 0.938 bits per heavy atom. The Bertz CT molecular complexity index is 1260. The maximum atomic E-state index is 13.0. The Morgan fingerprint density at radius 2 is 1.59 bits per heavy atom. The highest BCUT2D eigenvalue weighted by Crippen LogP contribution is 2.49. The van der Waals surface area contributed by atoms with Crippen molar-refractivity contribution in [1.29, 1.82) is 0 Å². The molecule has 1 saturated heterocycles. The fourth-order valence-corrected chi connectivity index (χ4v) is 5.71. The summed E-state index contributed by atoms with van der Waals surface area (Å²) >= 11 is 6.02. The molecule has 1 saturated carbocycles. The van der Waals surface area contributed by atoms with Gasteiger partial charge in [0.25, 0.3) is 11.8 Å². The summed E-state index contributed by atoms with van der Waals surface area (Å²) in [6.07, 6.45) is 9.89. The molecule has 1 aliphatic heterocycles. The topological polar surface area (TPSA) is 54.7 Å². The molecule has 32 heavy (non-hydrogen) atoms. The number of carbonyl (C=O) groups excluding carboxylic acids is 2. The first-order valence-electron chi connectivity index (χ1n) is 11.0. The number of hydrazone groups is 1. The molecule has 2 heterocycles. The second-order valence-corrected chi connectivity index (χ2v) is 9.37. The lowest BCUT2D eigenvalue weighted by Gasteiger charge is -2.37. The molecule has 4 atom stereocenters. The largest absolute Gasteiger partial charge is 0.342 e. The van der Waals surface area contributed by atoms with Crippen LogP contribution in [-0.4, -0.2) is 27.6 Å². The van der Waals surface area contributed by atoms with Crippen molar-refractivity contribution in [3.63, 3.8) is 0 Å². The second-order valence-electron chi connectivity index (χ2n) is 8.93. The third-order valence-electron chi connectivity index (χ3n) is 7.13. The van der Waals surface area contributed by atoms with E-state index in [0.29, 0.717) is 11.6 Å². The van der Waals surface area contributed by atoms with E-state index in [1.165, 1.54) is 0 Å². The Balaban J connectivity index is 1.32. The number of para-hydroxylation sites is 1. The summed E-state index contributed by atoms with van der Waals surface area (Å²) in [5, 5.41) is 7.28. The van der Waals surface area contributed by atoms with Gasteiger partial charge in [0, 0.05) is 34.2 Å². The van der Waals surface area contributed by atoms with Crippen LogP contribution >= 0.6 is 11.6 Å². The van der Waals surface area contributed by atoms with Crippen LogP contribution in [0.4, 0.5) is 0 Å². The summed E-state index contributed by atoms with van der Waals surface area (Å²) < 4.78 is 2.15. The van der Waals surface area contributed by atoms with Gasteiger partial charge in [0.05, 0.1) is 18.1 Å². The van der Waals surface area contributed by atoms with Gasteiger partial charge in [0.2, 0.25) is 0 Å². The molecule has 0 unspecified atom stereocenters. The Hall–Kier alpha value is -3.18. The number of amides is 2. The predicted molar refractivity (Wildman–Crippen MR) is 124 cm³/mol. The lowest BCUT2D eigenvalue weighted by atomic mass is 9.63. The highest BCUT2D eigenvalue weighted by Gasteiger charge is 2.56. The van der Waals surface area contributed by atoms with Crippen LogP contribution in [0.25, 0.3) is 10.9 Å². The Morgan fingerprint density at radius 3 is 2.25 bits per heavy atom. The number of carbonyl (C=O) groups is 2. The third kappa shape index (κ3) is 3.03. The van der Waals surface area contributed by atoms with E-state index >= 15 is 0 Å². The van der Waals surface area contributed by atoms with Crippen molar-refractivity contribution >= 4 is 40.5 Å². The third-order valence-corrected chi connectivity index (χ3v) is 7.39. The molecule has 0 spiro atoms. The number of aromatic nitrogens is 1. The van der Waals surface area contributed by atoms with Crippen molar-refractivity contribution in [2.75, 3.05) is 0 Å². The average molecular weight is 444 g/mol. The molecule has 3 aromatic rings. The zero-order chi connectivity index (χ0) is 21.8. The van der Waals surface area contributed by atoms with Crippen LogP contribution in [0, 0.1) is 23.7 Å². The van der Waals surface area contributed by atoms with E-state index in [1.807, 2.05) is 48.7 Å². The second kappa shape index (κ2) is 7.45. The molecule has 4 aliphatic rings. The lowest BCUT2D eigenvalue weighted by molar-refractivity contribution is -0.140. The van der Waals surface area contributed by atoms with Gasteiger partial charge in [-0.25, -0.2) is 0 Å². The fraction of sp³-hybridized carbons (Fsp3) is 0.269. The summed E-state index contributed by atoms with van der Waals surface area (Å²) in [6, 6.07) is 15.9. The fourth-order valence-electron chi connectivity index (χ4n) is 5.59. The van der Waals surface area contributed by atoms with Crippen LogP contribution in [0.3, 0.4) is 0 Å². The maximum Gasteiger partial charge on any atom is 0.254 e. The van der Waals surface area contributed by atoms with E-state index in [2.05, 4.69) is 27.9 Å². The van der Waals surface area contributed by atoms with Crippen molar-refractivity contribution in [1.82, 2.24) is 9.58 Å². The standard InChI is InChI=1S/C26H22ClN3O2/c27-20-11-5-16(6-12-20)14-29-15-19(21-3-1-2-4-22(21)29)13-28-30-25(31)23-17-7-8-18(10-9-17)24(23)26(30)32/h1-8,11-13,15,17-18,23-24H,9-10,14H2/b28-13-/t17-,18-,23-,24+/m0/s1. The van der Waals surface area contributed by atoms with Crippen LogP contribution in [0.5, 0.6) is 0 Å². The number of fused-ring (bicyclic) bond motifs is 2. The summed E-state index contributed by atoms with van der Waals surface area (Å²) in [4.78, 5) is 26.1. The highest BCUT2D eigenvalue weighted by atomic mass is 35.5. The number of hydrogen-bond donors (Lipinski definition) is 0. The molecular weight excluding hydrogens is 422 g/mol. The van der Waals surface area contributed by atoms with Gasteiger partial charge in [-0.05, 0) is 48.4 Å². The molecule has 2 bridgehead atoms. The van der Waals surface area contributed by atoms with Gasteiger partial charge in [0.15, 0.2) is 0 Å². The first-order valence-corrected chi connectivity index (χ1v) is 11.4. The molecule has 3 aliphatic carbocycles. The number of hydrogen-bond acceptors (Lipinski definition) is 3. The molecule has 1 aromatic heterocycles. The van der Waals surface area contributed by atoms with Crippen molar-refractivity contribution in [3.05, 3.63) is 83.0 Å². The van der Waals surface area contributed by atoms with Crippen LogP contribution < -0.4 is 0 Å². The van der Waals surface area contributed by atoms with E-state index in [1.54, 1.807) is 6.21 Å². The van der Waals surface area contributed by atoms with Crippen molar-refractivity contribution in [2.45, 2.75) is 19.4 Å². The normalized spacial score (nSPS) is 26.6. The average Bonchev–Trinajstić information content (AvgIpc) is 3.31. The molecule has 7 rings (SSSR count). The smallest absolute Gasteiger partial charge is 0.254 e. The molecule has 160 valence electrons. The zero-order valence-corrected chi connectivity index (χ0v) is 18.2. The van der Waals surface area contributed by atoms with Crippen LogP contribution in [-0.2, 0) is 16.1 Å². The number of benzene rings is 2. The van der Waals surface area contributed by atoms with Gasteiger partial charge < -0.3 is 4.57 Å². The van der Waals surface area contributed by atoms with Gasteiger partial charge in [0.1, 0.15) is 0 Å². The Kier molecular flexibility index (Phi) is 4.54. The predicted octanol–water partition coefficient (Wildman–Crippen LogP) is 4.87. The number of halogens is 1. The minimum atomic E-state index is -0.241. The van der Waals surface area contributed by atoms with Gasteiger partial charge >= 0.3 is 0 Å². The molecule has 2 fully saturated rings. The quantitative estimate of drug-likeness (QED) is 0.328. The minimum Gasteiger partial charge on any atom is -0.342 e. The van der Waals surface area contributed by atoms with Crippen LogP contribution in [0.1, 0.15) is 24.0 Å². The summed E-state index contributed by atoms with van der Waals surface area (Å²) in [7, 11) is 0. The molecule has 5 nitrogen and oxygen atoms in total. The molecule has 0 N–H and O–H groups in total. The SMILES string of the molecule is O=C1[C@@H]2[C@H](C(=O)N1/N=C\c1cn(Cc3ccc(Cl)cc3)c3ccccc13)[C@H]1C=C[C@H]2CC1. The van der Waals surface area contributed by atoms with E-state index < -0.39 is 0 Å². The summed E-state index contributed by atoms with van der Waals surface area (Å²) in [6.45, 7) is 0.687. The van der Waals surface area contributed by atoms with Gasteiger partial charge in [-0.2, -0.15) is 10.1 Å². The zero-order valence-electron chi connectivity index (χ0n) is 17.4. The van der Waals surface area contributed by atoms with Crippen LogP contribution in [0.2, 0.25) is 5.02 Å². The summed E-state index contributed by atoms with van der Waals surface area (Å²) in [5.74, 6) is -0.449. The van der Waals surface area contributed by atoms with Gasteiger partial charge in [-0.3, -0.25) is 9.59 Å². The molecular formula is C26H22ClN3O2. The van der Waals surface area contributed by atoms with Crippen molar-refractivity contribution < 1.29 is 9.59 Å². The first kappa shape index (κ1) is 19.5. The van der Waals surface area contributed by atoms with E-state index in [9.17, 15) is 9.59 Å². The van der Waals surface area contributed by atoms with Crippen molar-refractivity contribution in [2.24, 2.45) is 28.8 Å². The van der Waals surface area contributed by atoms with Gasteiger partial charge in [-0.15, -0.1) is 0 Å². The lowest BCUT2D eigenvalue weighted by Crippen LogP contribution is -2.38. The highest BCUT2D eigenvalue weighted by molar-refractivity contribution is 6.30. The number of rotatable bonds is 4. The Labute approximate surface area is 191 Å².